The lowest BCUT2D eigenvalue weighted by Crippen LogP contribution is -2.36. The number of aromatic nitrogens is 1. The Balaban J connectivity index is 1.66. The van der Waals surface area contributed by atoms with Gasteiger partial charge in [0.1, 0.15) is 5.69 Å². The second-order valence-corrected chi connectivity index (χ2v) is 7.33. The molecule has 0 radical (unpaired) electrons. The largest absolute Gasteiger partial charge is 0.381 e. The maximum Gasteiger partial charge on any atom is 0.275 e. The van der Waals surface area contributed by atoms with E-state index in [1.807, 2.05) is 24.3 Å². The molecule has 2 heterocycles. The molecule has 1 aliphatic heterocycles. The summed E-state index contributed by atoms with van der Waals surface area (Å²) in [4.78, 5) is 19.2. The number of nitrogens with one attached hydrogen (secondary N) is 2. The third kappa shape index (κ3) is 4.78. The van der Waals surface area contributed by atoms with Crippen LogP contribution in [-0.2, 0) is 6.42 Å². The maximum atomic E-state index is 12.5. The molecule has 0 bridgehead atoms. The zero-order chi connectivity index (χ0) is 17.6. The summed E-state index contributed by atoms with van der Waals surface area (Å²) >= 11 is 1.47. The number of benzene rings is 1. The van der Waals surface area contributed by atoms with E-state index in [-0.39, 0.29) is 5.91 Å². The van der Waals surface area contributed by atoms with Crippen LogP contribution in [0.5, 0.6) is 0 Å². The van der Waals surface area contributed by atoms with Gasteiger partial charge in [0.05, 0.1) is 16.4 Å². The summed E-state index contributed by atoms with van der Waals surface area (Å²) in [5.41, 5.74) is 7.74. The van der Waals surface area contributed by atoms with Gasteiger partial charge >= 0.3 is 0 Å². The zero-order valence-corrected chi connectivity index (χ0v) is 15.3. The molecule has 7 heteroatoms. The lowest BCUT2D eigenvalue weighted by atomic mass is 10.0. The Morgan fingerprint density at radius 3 is 2.76 bits per heavy atom. The molecular weight excluding hydrogens is 334 g/mol. The van der Waals surface area contributed by atoms with Gasteiger partial charge in [-0.3, -0.25) is 4.79 Å². The minimum absolute atomic E-state index is 0.183. The predicted octanol–water partition coefficient (Wildman–Crippen LogP) is 2.40. The molecule has 0 aliphatic carbocycles. The number of nitrogens with two attached hydrogens (primary N) is 1. The molecule has 1 aromatic carbocycles. The summed E-state index contributed by atoms with van der Waals surface area (Å²) in [6, 6.07) is 8.27. The highest BCUT2D eigenvalue weighted by Crippen LogP contribution is 2.25. The number of carbonyl (C=O) groups excluding carboxylic acids is 1. The molecule has 1 saturated heterocycles. The van der Waals surface area contributed by atoms with Crippen LogP contribution in [0, 0.1) is 0 Å². The van der Waals surface area contributed by atoms with Gasteiger partial charge in [-0.05, 0) is 51.7 Å². The van der Waals surface area contributed by atoms with Crippen LogP contribution in [0.25, 0.3) is 0 Å². The first-order valence-electron chi connectivity index (χ1n) is 8.65. The summed E-state index contributed by atoms with van der Waals surface area (Å²) in [5.74, 6) is -0.183. The fraction of sp³-hybridized carbons (Fsp3) is 0.444. The van der Waals surface area contributed by atoms with Crippen molar-refractivity contribution in [1.82, 2.24) is 9.88 Å². The van der Waals surface area contributed by atoms with E-state index in [1.165, 1.54) is 11.3 Å². The number of anilines is 2. The Morgan fingerprint density at radius 1 is 1.32 bits per heavy atom. The second kappa shape index (κ2) is 8.42. The Kier molecular flexibility index (Phi) is 6.01. The van der Waals surface area contributed by atoms with Gasteiger partial charge in [-0.2, -0.15) is 0 Å². The van der Waals surface area contributed by atoms with Gasteiger partial charge in [0.15, 0.2) is 0 Å². The van der Waals surface area contributed by atoms with Crippen molar-refractivity contribution in [3.63, 3.8) is 0 Å². The van der Waals surface area contributed by atoms with Gasteiger partial charge in [0, 0.05) is 17.8 Å². The highest BCUT2D eigenvalue weighted by atomic mass is 32.1. The van der Waals surface area contributed by atoms with Gasteiger partial charge in [-0.25, -0.2) is 4.98 Å². The number of hydrogen-bond acceptors (Lipinski definition) is 6. The van der Waals surface area contributed by atoms with Crippen molar-refractivity contribution in [3.05, 3.63) is 40.3 Å². The van der Waals surface area contributed by atoms with Crippen LogP contribution >= 0.6 is 11.3 Å². The highest BCUT2D eigenvalue weighted by Gasteiger charge is 2.18. The molecule has 3 rings (SSSR count). The first kappa shape index (κ1) is 17.8. The van der Waals surface area contributed by atoms with Crippen LogP contribution in [0.15, 0.2) is 29.6 Å². The normalized spacial score (nSPS) is 15.9. The summed E-state index contributed by atoms with van der Waals surface area (Å²) in [7, 11) is 2.15. The predicted molar refractivity (Wildman–Crippen MR) is 103 cm³/mol. The molecule has 4 N–H and O–H groups in total. The van der Waals surface area contributed by atoms with Crippen molar-refractivity contribution in [3.8, 4) is 0 Å². The molecule has 0 unspecified atom stereocenters. The van der Waals surface area contributed by atoms with E-state index in [1.54, 1.807) is 5.38 Å². The number of amides is 1. The Bertz CT molecular complexity index is 709. The Hall–Kier alpha value is -1.96. The molecule has 1 amide bonds. The van der Waals surface area contributed by atoms with Crippen LogP contribution in [-0.4, -0.2) is 48.5 Å². The lowest BCUT2D eigenvalue weighted by Gasteiger charge is -2.30. The smallest absolute Gasteiger partial charge is 0.275 e. The van der Waals surface area contributed by atoms with Crippen molar-refractivity contribution in [2.75, 3.05) is 37.3 Å². The molecule has 25 heavy (non-hydrogen) atoms. The van der Waals surface area contributed by atoms with Crippen molar-refractivity contribution < 1.29 is 4.79 Å². The highest BCUT2D eigenvalue weighted by molar-refractivity contribution is 7.09. The number of nitrogens with zero attached hydrogens (tertiary/aromatic N) is 2. The van der Waals surface area contributed by atoms with Gasteiger partial charge < -0.3 is 21.3 Å². The van der Waals surface area contributed by atoms with Gasteiger partial charge in [-0.15, -0.1) is 11.3 Å². The number of hydrogen-bond donors (Lipinski definition) is 3. The second-order valence-electron chi connectivity index (χ2n) is 6.39. The van der Waals surface area contributed by atoms with Gasteiger partial charge in [-0.1, -0.05) is 12.1 Å². The molecule has 0 saturated carbocycles. The minimum atomic E-state index is -0.183. The minimum Gasteiger partial charge on any atom is -0.381 e. The van der Waals surface area contributed by atoms with E-state index < -0.39 is 0 Å². The number of rotatable bonds is 6. The van der Waals surface area contributed by atoms with E-state index in [0.29, 0.717) is 24.7 Å². The molecule has 0 spiro atoms. The van der Waals surface area contributed by atoms with Crippen molar-refractivity contribution in [2.24, 2.45) is 5.73 Å². The monoisotopic (exact) mass is 359 g/mol. The maximum absolute atomic E-state index is 12.5. The SMILES string of the molecule is CN1CCC(Nc2ccccc2NC(=O)c2csc(CCN)n2)CC1. The third-order valence-corrected chi connectivity index (χ3v) is 5.30. The Morgan fingerprint density at radius 2 is 2.04 bits per heavy atom. The average molecular weight is 359 g/mol. The van der Waals surface area contributed by atoms with E-state index in [9.17, 15) is 4.79 Å². The fourth-order valence-corrected chi connectivity index (χ4v) is 3.72. The zero-order valence-electron chi connectivity index (χ0n) is 14.5. The van der Waals surface area contributed by atoms with Crippen LogP contribution in [0.4, 0.5) is 11.4 Å². The summed E-state index contributed by atoms with van der Waals surface area (Å²) in [6.07, 6.45) is 2.91. The molecule has 2 aromatic rings. The van der Waals surface area contributed by atoms with E-state index >= 15 is 0 Å². The van der Waals surface area contributed by atoms with Crippen LogP contribution in [0.3, 0.4) is 0 Å². The molecule has 6 nitrogen and oxygen atoms in total. The van der Waals surface area contributed by atoms with Crippen molar-refractivity contribution in [1.29, 1.82) is 0 Å². The van der Waals surface area contributed by atoms with E-state index in [0.717, 1.165) is 42.3 Å². The Labute approximate surface area is 152 Å². The van der Waals surface area contributed by atoms with E-state index in [2.05, 4.69) is 27.6 Å². The first-order chi connectivity index (χ1) is 12.2. The third-order valence-electron chi connectivity index (χ3n) is 4.40. The molecule has 1 aromatic heterocycles. The van der Waals surface area contributed by atoms with Crippen LogP contribution < -0.4 is 16.4 Å². The molecular formula is C18H25N5OS. The van der Waals surface area contributed by atoms with Crippen LogP contribution in [0.1, 0.15) is 28.3 Å². The summed E-state index contributed by atoms with van der Waals surface area (Å²) < 4.78 is 0. The number of carbonyl (C=O) groups is 1. The fourth-order valence-electron chi connectivity index (χ4n) is 2.93. The topological polar surface area (TPSA) is 83.3 Å². The average Bonchev–Trinajstić information content (AvgIpc) is 3.08. The van der Waals surface area contributed by atoms with Crippen LogP contribution in [0.2, 0.25) is 0 Å². The first-order valence-corrected chi connectivity index (χ1v) is 9.53. The summed E-state index contributed by atoms with van der Waals surface area (Å²) in [6.45, 7) is 2.72. The lowest BCUT2D eigenvalue weighted by molar-refractivity contribution is 0.102. The number of piperidine rings is 1. The van der Waals surface area contributed by atoms with Gasteiger partial charge in [0.25, 0.3) is 5.91 Å². The standard InChI is InChI=1S/C18H25N5OS/c1-23-10-7-13(8-11-23)20-14-4-2-3-5-15(14)22-18(24)16-12-25-17(21-16)6-9-19/h2-5,12-13,20H,6-11,19H2,1H3,(H,22,24). The van der Waals surface area contributed by atoms with E-state index in [4.69, 9.17) is 5.73 Å². The number of para-hydroxylation sites is 2. The molecule has 134 valence electrons. The molecule has 1 aliphatic rings. The quantitative estimate of drug-likeness (QED) is 0.738. The molecule has 0 atom stereocenters. The number of likely N-dealkylation sites (tertiary alicyclic amines) is 1. The molecule has 1 fully saturated rings. The van der Waals surface area contributed by atoms with Crippen molar-refractivity contribution >= 4 is 28.6 Å². The summed E-state index contributed by atoms with van der Waals surface area (Å²) in [5, 5.41) is 9.24. The van der Waals surface area contributed by atoms with Crippen molar-refractivity contribution in [2.45, 2.75) is 25.3 Å². The number of thiazole rings is 1. The van der Waals surface area contributed by atoms with Gasteiger partial charge in [0.2, 0.25) is 0 Å².